The summed E-state index contributed by atoms with van der Waals surface area (Å²) in [6, 6.07) is 13.6. The van der Waals surface area contributed by atoms with Gasteiger partial charge in [0.2, 0.25) is 5.91 Å². The summed E-state index contributed by atoms with van der Waals surface area (Å²) < 4.78 is 0. The second-order valence-electron chi connectivity index (χ2n) is 4.36. The van der Waals surface area contributed by atoms with Gasteiger partial charge < -0.3 is 10.4 Å². The minimum atomic E-state index is -0.876. The maximum absolute atomic E-state index is 11.6. The lowest BCUT2D eigenvalue weighted by Gasteiger charge is -2.06. The molecule has 0 aliphatic heterocycles. The Kier molecular flexibility index (Phi) is 4.13. The van der Waals surface area contributed by atoms with Gasteiger partial charge in [-0.3, -0.25) is 9.59 Å². The maximum atomic E-state index is 11.6. The van der Waals surface area contributed by atoms with Crippen LogP contribution in [0, 0.1) is 0 Å². The van der Waals surface area contributed by atoms with Crippen LogP contribution in [0.15, 0.2) is 42.5 Å². The fourth-order valence-electron chi connectivity index (χ4n) is 1.89. The Hall–Kier alpha value is -2.36. The normalized spacial score (nSPS) is 10.3. The summed E-state index contributed by atoms with van der Waals surface area (Å²) >= 11 is 0. The Morgan fingerprint density at radius 1 is 1.00 bits per heavy atom. The molecule has 2 rings (SSSR count). The molecule has 0 fully saturated rings. The van der Waals surface area contributed by atoms with Gasteiger partial charge in [0.15, 0.2) is 0 Å². The number of carboxylic acids is 1. The first-order chi connectivity index (χ1) is 9.15. The van der Waals surface area contributed by atoms with Crippen molar-refractivity contribution in [3.8, 4) is 0 Å². The van der Waals surface area contributed by atoms with Crippen molar-refractivity contribution in [2.24, 2.45) is 0 Å². The van der Waals surface area contributed by atoms with Crippen LogP contribution in [0.5, 0.6) is 0 Å². The molecule has 0 aromatic heterocycles. The van der Waals surface area contributed by atoms with Crippen LogP contribution in [0.1, 0.15) is 19.3 Å². The van der Waals surface area contributed by atoms with Crippen molar-refractivity contribution in [1.82, 2.24) is 0 Å². The van der Waals surface area contributed by atoms with E-state index in [4.69, 9.17) is 5.11 Å². The van der Waals surface area contributed by atoms with Crippen molar-refractivity contribution in [3.05, 3.63) is 42.5 Å². The van der Waals surface area contributed by atoms with E-state index in [1.807, 2.05) is 42.5 Å². The Labute approximate surface area is 111 Å². The van der Waals surface area contributed by atoms with Gasteiger partial charge in [-0.05, 0) is 29.3 Å². The highest BCUT2D eigenvalue weighted by Gasteiger charge is 2.04. The zero-order chi connectivity index (χ0) is 13.7. The summed E-state index contributed by atoms with van der Waals surface area (Å²) in [6.45, 7) is 0. The Balaban J connectivity index is 1.97. The van der Waals surface area contributed by atoms with E-state index in [9.17, 15) is 9.59 Å². The molecule has 0 aliphatic carbocycles. The fourth-order valence-corrected chi connectivity index (χ4v) is 1.89. The van der Waals surface area contributed by atoms with Crippen molar-refractivity contribution >= 4 is 28.3 Å². The number of carbonyl (C=O) groups is 2. The zero-order valence-electron chi connectivity index (χ0n) is 10.4. The lowest BCUT2D eigenvalue weighted by Crippen LogP contribution is -2.11. The van der Waals surface area contributed by atoms with Crippen LogP contribution >= 0.6 is 0 Å². The molecule has 0 bridgehead atoms. The molecule has 0 saturated heterocycles. The highest BCUT2D eigenvalue weighted by molar-refractivity contribution is 5.94. The first kappa shape index (κ1) is 13.1. The molecule has 1 amide bonds. The van der Waals surface area contributed by atoms with Crippen LogP contribution in [0.4, 0.5) is 5.69 Å². The summed E-state index contributed by atoms with van der Waals surface area (Å²) in [6.07, 6.45) is 0.596. The van der Waals surface area contributed by atoms with Gasteiger partial charge >= 0.3 is 5.97 Å². The van der Waals surface area contributed by atoms with E-state index >= 15 is 0 Å². The molecule has 4 nitrogen and oxygen atoms in total. The van der Waals surface area contributed by atoms with Crippen LogP contribution < -0.4 is 5.32 Å². The van der Waals surface area contributed by atoms with Gasteiger partial charge in [0.1, 0.15) is 0 Å². The van der Waals surface area contributed by atoms with Crippen LogP contribution in [-0.4, -0.2) is 17.0 Å². The second kappa shape index (κ2) is 6.00. The van der Waals surface area contributed by atoms with Crippen molar-refractivity contribution < 1.29 is 14.7 Å². The molecular weight excluding hydrogens is 242 g/mol. The number of nitrogens with one attached hydrogen (secondary N) is 1. The van der Waals surface area contributed by atoms with Gasteiger partial charge in [-0.1, -0.05) is 30.3 Å². The van der Waals surface area contributed by atoms with E-state index in [1.165, 1.54) is 0 Å². The number of amides is 1. The van der Waals surface area contributed by atoms with E-state index < -0.39 is 5.97 Å². The van der Waals surface area contributed by atoms with Gasteiger partial charge in [0.25, 0.3) is 0 Å². The summed E-state index contributed by atoms with van der Waals surface area (Å²) in [5.74, 6) is -1.03. The summed E-state index contributed by atoms with van der Waals surface area (Å²) in [4.78, 5) is 22.0. The molecular formula is C15H15NO3. The lowest BCUT2D eigenvalue weighted by atomic mass is 10.1. The van der Waals surface area contributed by atoms with Gasteiger partial charge in [0, 0.05) is 18.5 Å². The van der Waals surface area contributed by atoms with Crippen molar-refractivity contribution in [2.75, 3.05) is 5.32 Å². The molecule has 2 aromatic rings. The molecule has 0 aliphatic rings. The van der Waals surface area contributed by atoms with E-state index in [2.05, 4.69) is 5.32 Å². The van der Waals surface area contributed by atoms with E-state index in [1.54, 1.807) is 0 Å². The Bertz CT molecular complexity index is 607. The summed E-state index contributed by atoms with van der Waals surface area (Å²) in [5.41, 5.74) is 0.735. The third-order valence-electron chi connectivity index (χ3n) is 2.83. The highest BCUT2D eigenvalue weighted by Crippen LogP contribution is 2.19. The quantitative estimate of drug-likeness (QED) is 0.865. The third-order valence-corrected chi connectivity index (χ3v) is 2.83. The molecule has 0 saturated carbocycles. The van der Waals surface area contributed by atoms with Crippen molar-refractivity contribution in [2.45, 2.75) is 19.3 Å². The van der Waals surface area contributed by atoms with E-state index in [-0.39, 0.29) is 18.7 Å². The van der Waals surface area contributed by atoms with E-state index in [0.29, 0.717) is 6.42 Å². The molecule has 0 radical (unpaired) electrons. The SMILES string of the molecule is O=C(O)CCCC(=O)Nc1ccc2ccccc2c1. The molecule has 4 heteroatoms. The maximum Gasteiger partial charge on any atom is 0.303 e. The third kappa shape index (κ3) is 3.81. The minimum absolute atomic E-state index is 0.0190. The zero-order valence-corrected chi connectivity index (χ0v) is 10.4. The molecule has 19 heavy (non-hydrogen) atoms. The number of carbonyl (C=O) groups excluding carboxylic acids is 1. The average molecular weight is 257 g/mol. The van der Waals surface area contributed by atoms with Crippen molar-refractivity contribution in [1.29, 1.82) is 0 Å². The molecule has 0 atom stereocenters. The monoisotopic (exact) mass is 257 g/mol. The molecule has 2 aromatic carbocycles. The number of fused-ring (bicyclic) bond motifs is 1. The van der Waals surface area contributed by atoms with Gasteiger partial charge in [-0.2, -0.15) is 0 Å². The number of hydrogen-bond acceptors (Lipinski definition) is 2. The van der Waals surface area contributed by atoms with E-state index in [0.717, 1.165) is 16.5 Å². The molecule has 0 spiro atoms. The van der Waals surface area contributed by atoms with Crippen LogP contribution in [-0.2, 0) is 9.59 Å². The van der Waals surface area contributed by atoms with Gasteiger partial charge in [-0.25, -0.2) is 0 Å². The van der Waals surface area contributed by atoms with Crippen LogP contribution in [0.3, 0.4) is 0 Å². The molecule has 98 valence electrons. The second-order valence-corrected chi connectivity index (χ2v) is 4.36. The Morgan fingerprint density at radius 3 is 2.47 bits per heavy atom. The number of aliphatic carboxylic acids is 1. The lowest BCUT2D eigenvalue weighted by molar-refractivity contribution is -0.137. The predicted molar refractivity (Wildman–Crippen MR) is 74.1 cm³/mol. The number of rotatable bonds is 5. The topological polar surface area (TPSA) is 66.4 Å². The predicted octanol–water partition coefficient (Wildman–Crippen LogP) is 3.03. The number of benzene rings is 2. The number of anilines is 1. The highest BCUT2D eigenvalue weighted by atomic mass is 16.4. The average Bonchev–Trinajstić information content (AvgIpc) is 2.38. The molecule has 0 unspecified atom stereocenters. The standard InChI is InChI=1S/C15H15NO3/c17-14(6-3-7-15(18)19)16-13-9-8-11-4-1-2-5-12(11)10-13/h1-2,4-5,8-10H,3,6-7H2,(H,16,17)(H,18,19). The number of hydrogen-bond donors (Lipinski definition) is 2. The van der Waals surface area contributed by atoms with Crippen molar-refractivity contribution in [3.63, 3.8) is 0 Å². The molecule has 0 heterocycles. The minimum Gasteiger partial charge on any atom is -0.481 e. The molecule has 2 N–H and O–H groups in total. The Morgan fingerprint density at radius 2 is 1.74 bits per heavy atom. The summed E-state index contributed by atoms with van der Waals surface area (Å²) in [7, 11) is 0. The van der Waals surface area contributed by atoms with Crippen LogP contribution in [0.2, 0.25) is 0 Å². The largest absolute Gasteiger partial charge is 0.481 e. The summed E-state index contributed by atoms with van der Waals surface area (Å²) in [5, 5.41) is 13.5. The fraction of sp³-hybridized carbons (Fsp3) is 0.200. The van der Waals surface area contributed by atoms with Gasteiger partial charge in [-0.15, -0.1) is 0 Å². The smallest absolute Gasteiger partial charge is 0.303 e. The van der Waals surface area contributed by atoms with Crippen LogP contribution in [0.25, 0.3) is 10.8 Å². The first-order valence-corrected chi connectivity index (χ1v) is 6.15. The number of carboxylic acid groups (broad SMARTS) is 1. The van der Waals surface area contributed by atoms with Gasteiger partial charge in [0.05, 0.1) is 0 Å². The first-order valence-electron chi connectivity index (χ1n) is 6.15.